The number of ether oxygens (including phenoxy) is 1. The van der Waals surface area contributed by atoms with Gasteiger partial charge in [-0.05, 0) is 65.5 Å². The lowest BCUT2D eigenvalue weighted by molar-refractivity contribution is -0.149. The fourth-order valence-electron chi connectivity index (χ4n) is 4.30. The van der Waals surface area contributed by atoms with E-state index in [9.17, 15) is 9.90 Å². The van der Waals surface area contributed by atoms with Crippen molar-refractivity contribution in [3.63, 3.8) is 0 Å². The number of carboxylic acid groups (broad SMARTS) is 1. The minimum absolute atomic E-state index is 0.248. The number of aliphatic imine (C=N–C) groups is 2. The van der Waals surface area contributed by atoms with Crippen LogP contribution in [0.1, 0.15) is 71.6 Å². The van der Waals surface area contributed by atoms with Gasteiger partial charge >= 0.3 is 5.97 Å². The molecule has 1 aromatic rings. The van der Waals surface area contributed by atoms with Crippen molar-refractivity contribution >= 4 is 23.1 Å². The molecule has 33 heavy (non-hydrogen) atoms. The fraction of sp³-hybridized carbons (Fsp3) is 0.593. The van der Waals surface area contributed by atoms with E-state index in [4.69, 9.17) is 14.7 Å². The molecule has 1 aliphatic rings. The number of nitrogens with zero attached hydrogens (tertiary/aromatic N) is 3. The topological polar surface area (TPSA) is 74.5 Å². The van der Waals surface area contributed by atoms with Gasteiger partial charge in [0.2, 0.25) is 0 Å². The quantitative estimate of drug-likeness (QED) is 0.560. The highest BCUT2D eigenvalue weighted by Gasteiger charge is 2.32. The second kappa shape index (κ2) is 11.6. The maximum absolute atomic E-state index is 12.4. The number of hydrogen-bond donors (Lipinski definition) is 1. The van der Waals surface area contributed by atoms with Crippen LogP contribution in [0.3, 0.4) is 0 Å². The molecule has 0 amide bonds. The molecule has 0 saturated heterocycles. The van der Waals surface area contributed by atoms with Crippen LogP contribution in [0.25, 0.3) is 5.57 Å². The van der Waals surface area contributed by atoms with Crippen molar-refractivity contribution in [2.24, 2.45) is 15.9 Å². The van der Waals surface area contributed by atoms with Gasteiger partial charge in [-0.2, -0.15) is 0 Å². The van der Waals surface area contributed by atoms with Crippen molar-refractivity contribution in [1.29, 1.82) is 0 Å². The lowest BCUT2D eigenvalue weighted by atomic mass is 9.87. The Hall–Kier alpha value is -2.47. The largest absolute Gasteiger partial charge is 0.479 e. The third-order valence-electron chi connectivity index (χ3n) is 6.07. The highest BCUT2D eigenvalue weighted by molar-refractivity contribution is 6.10. The summed E-state index contributed by atoms with van der Waals surface area (Å²) in [6, 6.07) is 6.05. The zero-order valence-corrected chi connectivity index (χ0v) is 21.8. The van der Waals surface area contributed by atoms with E-state index in [1.165, 1.54) is 0 Å². The summed E-state index contributed by atoms with van der Waals surface area (Å²) in [6.45, 7) is 19.5. The Bertz CT molecular complexity index is 926. The standard InChI is InChI=1S/C27H41N3O3/c1-10-17(4)14-30-15-28-20(7)25(26(27(31)32)33-16(2)3)24(21(8)29-22(30)9)23-12-18(5)11-19(6)13-23/h11-13,16-17,21,26H,10,14-15H2,1-9H3,(H,31,32)/b25-24-,28-20?,29-22?. The molecule has 0 radical (unpaired) electrons. The molecule has 6 nitrogen and oxygen atoms in total. The molecule has 1 N–H and O–H groups in total. The number of rotatable bonds is 8. The van der Waals surface area contributed by atoms with Crippen LogP contribution in [0.5, 0.6) is 0 Å². The Morgan fingerprint density at radius 3 is 2.27 bits per heavy atom. The van der Waals surface area contributed by atoms with Crippen LogP contribution in [-0.4, -0.2) is 59.0 Å². The van der Waals surface area contributed by atoms with Crippen molar-refractivity contribution < 1.29 is 14.6 Å². The van der Waals surface area contributed by atoms with Crippen molar-refractivity contribution in [2.45, 2.75) is 87.0 Å². The highest BCUT2D eigenvalue weighted by Crippen LogP contribution is 2.32. The molecule has 3 atom stereocenters. The van der Waals surface area contributed by atoms with E-state index in [0.717, 1.165) is 41.1 Å². The fourth-order valence-corrected chi connectivity index (χ4v) is 4.30. The van der Waals surface area contributed by atoms with Gasteiger partial charge in [0.25, 0.3) is 0 Å². The van der Waals surface area contributed by atoms with Gasteiger partial charge in [0.1, 0.15) is 6.67 Å². The molecular weight excluding hydrogens is 414 g/mol. The minimum Gasteiger partial charge on any atom is -0.479 e. The highest BCUT2D eigenvalue weighted by atomic mass is 16.5. The second-order valence-corrected chi connectivity index (χ2v) is 9.58. The first-order valence-corrected chi connectivity index (χ1v) is 12.0. The molecule has 0 fully saturated rings. The molecule has 0 aliphatic carbocycles. The Morgan fingerprint density at radius 2 is 1.76 bits per heavy atom. The number of hydrogen-bond acceptors (Lipinski definition) is 5. The lowest BCUT2D eigenvalue weighted by Gasteiger charge is -2.26. The maximum Gasteiger partial charge on any atom is 0.337 e. The van der Waals surface area contributed by atoms with Gasteiger partial charge in [-0.15, -0.1) is 0 Å². The molecule has 0 spiro atoms. The van der Waals surface area contributed by atoms with Crippen LogP contribution in [0, 0.1) is 19.8 Å². The second-order valence-electron chi connectivity index (χ2n) is 9.58. The van der Waals surface area contributed by atoms with Crippen LogP contribution in [0.15, 0.2) is 33.8 Å². The lowest BCUT2D eigenvalue weighted by Crippen LogP contribution is -2.34. The van der Waals surface area contributed by atoms with Crippen molar-refractivity contribution in [3.8, 4) is 0 Å². The van der Waals surface area contributed by atoms with Crippen LogP contribution < -0.4 is 0 Å². The maximum atomic E-state index is 12.4. The number of amidine groups is 1. The molecule has 0 bridgehead atoms. The average molecular weight is 456 g/mol. The summed E-state index contributed by atoms with van der Waals surface area (Å²) in [5.41, 5.74) is 5.36. The first kappa shape index (κ1) is 26.8. The summed E-state index contributed by atoms with van der Waals surface area (Å²) in [7, 11) is 0. The number of aliphatic carboxylic acids is 1. The Balaban J connectivity index is 2.82. The summed E-state index contributed by atoms with van der Waals surface area (Å²) in [4.78, 5) is 24.5. The summed E-state index contributed by atoms with van der Waals surface area (Å²) >= 11 is 0. The summed E-state index contributed by atoms with van der Waals surface area (Å²) in [6.07, 6.45) is -0.298. The predicted octanol–water partition coefficient (Wildman–Crippen LogP) is 5.52. The molecule has 6 heteroatoms. The Labute approximate surface area is 199 Å². The molecule has 1 aromatic carbocycles. The van der Waals surface area contributed by atoms with Crippen molar-refractivity contribution in [1.82, 2.24) is 4.90 Å². The van der Waals surface area contributed by atoms with Crippen LogP contribution in [0.2, 0.25) is 0 Å². The minimum atomic E-state index is -1.12. The van der Waals surface area contributed by atoms with E-state index in [0.29, 0.717) is 23.9 Å². The molecule has 2 rings (SSSR count). The van der Waals surface area contributed by atoms with Crippen LogP contribution >= 0.6 is 0 Å². The zero-order valence-electron chi connectivity index (χ0n) is 21.8. The van der Waals surface area contributed by atoms with Gasteiger partial charge < -0.3 is 14.7 Å². The molecule has 1 heterocycles. The monoisotopic (exact) mass is 455 g/mol. The summed E-state index contributed by atoms with van der Waals surface area (Å²) < 4.78 is 5.95. The number of aryl methyl sites for hydroxylation is 2. The van der Waals surface area contributed by atoms with E-state index >= 15 is 0 Å². The normalized spacial score (nSPS) is 21.6. The molecule has 1 aliphatic heterocycles. The van der Waals surface area contributed by atoms with Gasteiger partial charge in [0.05, 0.1) is 18.0 Å². The third-order valence-corrected chi connectivity index (χ3v) is 6.07. The predicted molar refractivity (Wildman–Crippen MR) is 137 cm³/mol. The van der Waals surface area contributed by atoms with Crippen molar-refractivity contribution in [3.05, 3.63) is 40.5 Å². The first-order valence-electron chi connectivity index (χ1n) is 12.0. The van der Waals surface area contributed by atoms with Gasteiger partial charge in [-0.3, -0.25) is 9.98 Å². The Morgan fingerprint density at radius 1 is 1.15 bits per heavy atom. The number of carboxylic acids is 1. The molecule has 0 aromatic heterocycles. The van der Waals surface area contributed by atoms with Crippen LogP contribution in [-0.2, 0) is 9.53 Å². The smallest absolute Gasteiger partial charge is 0.337 e. The summed E-state index contributed by atoms with van der Waals surface area (Å²) in [5, 5.41) is 10.2. The van der Waals surface area contributed by atoms with Crippen molar-refractivity contribution in [2.75, 3.05) is 13.2 Å². The molecular formula is C27H41N3O3. The average Bonchev–Trinajstić information content (AvgIpc) is 2.74. The van der Waals surface area contributed by atoms with E-state index in [-0.39, 0.29) is 12.1 Å². The van der Waals surface area contributed by atoms with Gasteiger partial charge in [-0.1, -0.05) is 49.6 Å². The van der Waals surface area contributed by atoms with E-state index in [2.05, 4.69) is 50.8 Å². The van der Waals surface area contributed by atoms with Gasteiger partial charge in [-0.25, -0.2) is 4.79 Å². The van der Waals surface area contributed by atoms with Crippen LogP contribution in [0.4, 0.5) is 0 Å². The van der Waals surface area contributed by atoms with E-state index < -0.39 is 12.1 Å². The first-order chi connectivity index (χ1) is 15.4. The Kier molecular flexibility index (Phi) is 9.41. The van der Waals surface area contributed by atoms with E-state index in [1.807, 2.05) is 34.6 Å². The summed E-state index contributed by atoms with van der Waals surface area (Å²) in [5.74, 6) is 0.405. The van der Waals surface area contributed by atoms with Gasteiger partial charge in [0.15, 0.2) is 6.10 Å². The van der Waals surface area contributed by atoms with Gasteiger partial charge in [0, 0.05) is 17.8 Å². The number of carbonyl (C=O) groups is 1. The molecule has 3 unspecified atom stereocenters. The molecule has 0 saturated carbocycles. The van der Waals surface area contributed by atoms with E-state index in [1.54, 1.807) is 0 Å². The zero-order chi connectivity index (χ0) is 24.9. The third kappa shape index (κ3) is 7.00. The number of benzene rings is 1. The SMILES string of the molecule is CCC(C)CN1CN=C(C)/C(C(OC(C)C)C(=O)O)=C(/c2cc(C)cc(C)c2)C(C)N=C1C. The molecule has 182 valence electrons.